The maximum absolute atomic E-state index is 11.0. The van der Waals surface area contributed by atoms with Gasteiger partial charge in [-0.15, -0.1) is 0 Å². The zero-order chi connectivity index (χ0) is 36.2. The Morgan fingerprint density at radius 2 is 0.796 bits per heavy atom. The summed E-state index contributed by atoms with van der Waals surface area (Å²) in [6.45, 7) is 20.0. The number of rotatable bonds is 21. The van der Waals surface area contributed by atoms with Gasteiger partial charge in [0.05, 0.1) is 0 Å². The van der Waals surface area contributed by atoms with Crippen LogP contribution in [0.4, 0.5) is 0 Å². The first-order valence-corrected chi connectivity index (χ1v) is 19.2. The second kappa shape index (κ2) is 23.5. The van der Waals surface area contributed by atoms with E-state index >= 15 is 0 Å². The van der Waals surface area contributed by atoms with Gasteiger partial charge in [-0.1, -0.05) is 113 Å². The number of aliphatic hydroxyl groups is 2. The summed E-state index contributed by atoms with van der Waals surface area (Å²) in [4.78, 5) is 0. The van der Waals surface area contributed by atoms with Crippen molar-refractivity contribution in [3.05, 3.63) is 128 Å². The van der Waals surface area contributed by atoms with Crippen LogP contribution in [-0.4, -0.2) is 10.2 Å². The van der Waals surface area contributed by atoms with Crippen molar-refractivity contribution in [2.24, 2.45) is 0 Å². The summed E-state index contributed by atoms with van der Waals surface area (Å²) < 4.78 is 0. The van der Waals surface area contributed by atoms with Crippen LogP contribution in [0.2, 0.25) is 0 Å². The van der Waals surface area contributed by atoms with Gasteiger partial charge in [-0.05, 0) is 168 Å². The van der Waals surface area contributed by atoms with E-state index in [4.69, 9.17) is 0 Å². The summed E-state index contributed by atoms with van der Waals surface area (Å²) in [5.74, 6) is 0. The van der Waals surface area contributed by atoms with E-state index in [0.717, 1.165) is 86.5 Å². The molecule has 0 heterocycles. The van der Waals surface area contributed by atoms with Crippen molar-refractivity contribution < 1.29 is 10.2 Å². The lowest BCUT2D eigenvalue weighted by Crippen LogP contribution is -2.17. The molecule has 0 saturated heterocycles. The van der Waals surface area contributed by atoms with Crippen molar-refractivity contribution in [1.29, 1.82) is 0 Å². The molecule has 0 bridgehead atoms. The number of hydrogen-bond donors (Lipinski definition) is 2. The van der Waals surface area contributed by atoms with Crippen molar-refractivity contribution in [3.8, 4) is 0 Å². The predicted molar refractivity (Wildman–Crippen MR) is 216 cm³/mol. The predicted octanol–water partition coefficient (Wildman–Crippen LogP) is 14.2. The lowest BCUT2D eigenvalue weighted by molar-refractivity contribution is 0.167. The highest BCUT2D eigenvalue weighted by Gasteiger charge is 2.29. The molecule has 0 saturated carbocycles. The average molecular weight is 667 g/mol. The zero-order valence-electron chi connectivity index (χ0n) is 32.8. The quantitative estimate of drug-likeness (QED) is 0.128. The van der Waals surface area contributed by atoms with Gasteiger partial charge in [0, 0.05) is 0 Å². The Kier molecular flexibility index (Phi) is 20.2. The Labute approximate surface area is 301 Å². The van der Waals surface area contributed by atoms with Crippen molar-refractivity contribution in [3.63, 3.8) is 0 Å². The largest absolute Gasteiger partial charge is 0.384 e. The van der Waals surface area contributed by atoms with Crippen molar-refractivity contribution >= 4 is 0 Å². The van der Waals surface area contributed by atoms with E-state index in [1.165, 1.54) is 58.3 Å². The summed E-state index contributed by atoms with van der Waals surface area (Å²) in [6, 6.07) is 7.68. The van der Waals surface area contributed by atoms with E-state index in [0.29, 0.717) is 6.42 Å². The summed E-state index contributed by atoms with van der Waals surface area (Å²) in [5.41, 5.74) is 13.8. The SMILES string of the molecule is CC/C(C)=C/CC/C(C)=C/CC/C(C)=C/CC/C(C)=C/CC/C(C)=C/CC/C(C)=C/CC/C(C)=C/CC1=C(C)C(O)c2ccccc2C1O. The number of hydrogen-bond acceptors (Lipinski definition) is 2. The highest BCUT2D eigenvalue weighted by molar-refractivity contribution is 5.45. The molecule has 270 valence electrons. The molecule has 2 N–H and O–H groups in total. The van der Waals surface area contributed by atoms with Crippen molar-refractivity contribution in [1.82, 2.24) is 0 Å². The van der Waals surface area contributed by atoms with Gasteiger partial charge in [-0.25, -0.2) is 0 Å². The first-order chi connectivity index (χ1) is 23.4. The third kappa shape index (κ3) is 16.5. The topological polar surface area (TPSA) is 40.5 Å². The van der Waals surface area contributed by atoms with Crippen LogP contribution < -0.4 is 0 Å². The number of benzene rings is 1. The summed E-state index contributed by atoms with van der Waals surface area (Å²) in [6.07, 6.45) is 30.9. The standard InChI is InChI=1S/C47H70O2/c1-10-35(2)19-13-20-36(3)21-14-22-37(4)23-15-24-38(5)25-16-26-39(6)27-17-28-40(7)29-18-30-41(8)33-34-43-42(9)46(48)44-31-11-12-32-45(44)47(43)49/h11-12,19,21,23,25,27,29,31-33,46-49H,10,13-18,20,22,24,26,28,30,34H2,1-9H3/b35-19+,36-21+,37-23+,38-25+,39-27+,40-29+,41-33+. The first-order valence-electron chi connectivity index (χ1n) is 19.2. The second-order valence-electron chi connectivity index (χ2n) is 14.8. The van der Waals surface area contributed by atoms with Gasteiger partial charge in [0.25, 0.3) is 0 Å². The van der Waals surface area contributed by atoms with Crippen LogP contribution in [0.25, 0.3) is 0 Å². The van der Waals surface area contributed by atoms with Gasteiger partial charge in [0.2, 0.25) is 0 Å². The van der Waals surface area contributed by atoms with Crippen LogP contribution in [0.1, 0.15) is 176 Å². The molecule has 0 radical (unpaired) electrons. The molecule has 2 unspecified atom stereocenters. The van der Waals surface area contributed by atoms with Gasteiger partial charge in [0.15, 0.2) is 0 Å². The zero-order valence-corrected chi connectivity index (χ0v) is 32.8. The third-order valence-corrected chi connectivity index (χ3v) is 10.2. The molecule has 1 aliphatic rings. The molecular formula is C47H70O2. The van der Waals surface area contributed by atoms with Crippen LogP contribution in [0.5, 0.6) is 0 Å². The Morgan fingerprint density at radius 1 is 0.490 bits per heavy atom. The minimum Gasteiger partial charge on any atom is -0.384 e. The lowest BCUT2D eigenvalue weighted by Gasteiger charge is -2.30. The fourth-order valence-electron chi connectivity index (χ4n) is 6.41. The van der Waals surface area contributed by atoms with Crippen molar-refractivity contribution in [2.45, 2.75) is 164 Å². The maximum Gasteiger partial charge on any atom is 0.101 e. The van der Waals surface area contributed by atoms with Gasteiger partial charge in [0.1, 0.15) is 12.2 Å². The minimum absolute atomic E-state index is 0.630. The monoisotopic (exact) mass is 667 g/mol. The summed E-state index contributed by atoms with van der Waals surface area (Å²) >= 11 is 0. The molecule has 1 aliphatic carbocycles. The van der Waals surface area contributed by atoms with E-state index in [-0.39, 0.29) is 0 Å². The molecule has 0 spiro atoms. The van der Waals surface area contributed by atoms with Gasteiger partial charge >= 0.3 is 0 Å². The highest BCUT2D eigenvalue weighted by atomic mass is 16.3. The molecule has 2 heteroatoms. The molecule has 0 aliphatic heterocycles. The van der Waals surface area contributed by atoms with E-state index < -0.39 is 12.2 Å². The molecule has 49 heavy (non-hydrogen) atoms. The van der Waals surface area contributed by atoms with Crippen LogP contribution in [0.3, 0.4) is 0 Å². The van der Waals surface area contributed by atoms with E-state index in [1.807, 2.05) is 31.2 Å². The molecule has 0 amide bonds. The molecule has 1 aromatic rings. The Hall–Kier alpha value is -2.94. The Morgan fingerprint density at radius 3 is 1.14 bits per heavy atom. The number of aliphatic hydroxyl groups excluding tert-OH is 2. The van der Waals surface area contributed by atoms with E-state index in [9.17, 15) is 10.2 Å². The molecule has 2 nitrogen and oxygen atoms in total. The summed E-state index contributed by atoms with van der Waals surface area (Å²) in [5, 5.41) is 21.7. The molecular weight excluding hydrogens is 597 g/mol. The molecule has 2 atom stereocenters. The van der Waals surface area contributed by atoms with Crippen LogP contribution in [-0.2, 0) is 0 Å². The summed E-state index contributed by atoms with van der Waals surface area (Å²) in [7, 11) is 0. The first kappa shape index (κ1) is 42.2. The Balaban J connectivity index is 1.64. The van der Waals surface area contributed by atoms with Crippen LogP contribution in [0.15, 0.2) is 117 Å². The van der Waals surface area contributed by atoms with Crippen LogP contribution >= 0.6 is 0 Å². The van der Waals surface area contributed by atoms with Gasteiger partial charge in [-0.2, -0.15) is 0 Å². The minimum atomic E-state index is -0.640. The maximum atomic E-state index is 11.0. The lowest BCUT2D eigenvalue weighted by atomic mass is 9.81. The molecule has 1 aromatic carbocycles. The number of fused-ring (bicyclic) bond motifs is 1. The van der Waals surface area contributed by atoms with Gasteiger partial charge in [-0.3, -0.25) is 0 Å². The van der Waals surface area contributed by atoms with Gasteiger partial charge < -0.3 is 10.2 Å². The van der Waals surface area contributed by atoms with Crippen molar-refractivity contribution in [2.75, 3.05) is 0 Å². The number of allylic oxidation sites excluding steroid dienone is 14. The highest BCUT2D eigenvalue weighted by Crippen LogP contribution is 2.41. The Bertz CT molecular complexity index is 1420. The molecule has 2 rings (SSSR count). The molecule has 0 aromatic heterocycles. The van der Waals surface area contributed by atoms with Crippen LogP contribution in [0, 0.1) is 0 Å². The third-order valence-electron chi connectivity index (χ3n) is 10.2. The average Bonchev–Trinajstić information content (AvgIpc) is 3.07. The van der Waals surface area contributed by atoms with E-state index in [1.54, 1.807) is 0 Å². The normalized spacial score (nSPS) is 18.8. The fraction of sp³-hybridized carbons (Fsp3) is 0.532. The fourth-order valence-corrected chi connectivity index (χ4v) is 6.41. The van der Waals surface area contributed by atoms with E-state index in [2.05, 4.69) is 97.9 Å². The smallest absolute Gasteiger partial charge is 0.101 e. The molecule has 0 fully saturated rings. The second-order valence-corrected chi connectivity index (χ2v) is 14.8.